The van der Waals surface area contributed by atoms with Gasteiger partial charge < -0.3 is 10.2 Å². The number of sulfone groups is 1. The second-order valence-electron chi connectivity index (χ2n) is 4.81. The number of rotatable bonds is 2. The van der Waals surface area contributed by atoms with Gasteiger partial charge in [-0.2, -0.15) is 0 Å². The minimum atomic E-state index is -3.77. The van der Waals surface area contributed by atoms with Crippen molar-refractivity contribution in [3.8, 4) is 11.5 Å². The molecule has 0 atom stereocenters. The Balaban J connectivity index is 2.67. The number of benzene rings is 2. The summed E-state index contributed by atoms with van der Waals surface area (Å²) in [7, 11) is -3.77. The number of phenols is 2. The third-order valence-electron chi connectivity index (χ3n) is 3.36. The third-order valence-corrected chi connectivity index (χ3v) is 5.26. The summed E-state index contributed by atoms with van der Waals surface area (Å²) in [5.41, 5.74) is 1.53. The SMILES string of the molecule is Cc1ccc(S(=O)(=O)c2ccc(C)c(O)c2C)cc1O. The largest absolute Gasteiger partial charge is 0.508 e. The molecule has 0 bridgehead atoms. The van der Waals surface area contributed by atoms with Crippen LogP contribution >= 0.6 is 0 Å². The molecule has 5 heteroatoms. The molecule has 0 amide bonds. The fourth-order valence-electron chi connectivity index (χ4n) is 1.99. The molecule has 0 aromatic heterocycles. The lowest BCUT2D eigenvalue weighted by Crippen LogP contribution is -2.05. The molecule has 0 aliphatic carbocycles. The molecule has 0 saturated carbocycles. The lowest BCUT2D eigenvalue weighted by Gasteiger charge is -2.11. The van der Waals surface area contributed by atoms with Crippen molar-refractivity contribution in [2.24, 2.45) is 0 Å². The van der Waals surface area contributed by atoms with Crippen LogP contribution in [-0.2, 0) is 9.84 Å². The van der Waals surface area contributed by atoms with Gasteiger partial charge in [-0.25, -0.2) is 8.42 Å². The van der Waals surface area contributed by atoms with Gasteiger partial charge in [0.2, 0.25) is 9.84 Å². The first kappa shape index (κ1) is 14.4. The van der Waals surface area contributed by atoms with Crippen molar-refractivity contribution < 1.29 is 18.6 Å². The van der Waals surface area contributed by atoms with Crippen molar-refractivity contribution in [3.63, 3.8) is 0 Å². The fraction of sp³-hybridized carbons (Fsp3) is 0.200. The molecule has 0 heterocycles. The molecule has 0 aliphatic heterocycles. The summed E-state index contributed by atoms with van der Waals surface area (Å²) in [5.74, 6) is -0.0949. The van der Waals surface area contributed by atoms with Crippen LogP contribution < -0.4 is 0 Å². The van der Waals surface area contributed by atoms with Crippen molar-refractivity contribution in [1.82, 2.24) is 0 Å². The number of aryl methyl sites for hydroxylation is 2. The minimum absolute atomic E-state index is 0.00644. The van der Waals surface area contributed by atoms with E-state index in [1.165, 1.54) is 18.2 Å². The molecule has 2 rings (SSSR count). The molecule has 0 radical (unpaired) electrons. The number of hydrogen-bond acceptors (Lipinski definition) is 4. The summed E-state index contributed by atoms with van der Waals surface area (Å²) < 4.78 is 25.1. The number of aromatic hydroxyl groups is 2. The standard InChI is InChI=1S/C15H16O4S/c1-9-4-6-12(8-13(9)16)20(18,19)14-7-5-10(2)15(17)11(14)3/h4-8,16-17H,1-3H3. The van der Waals surface area contributed by atoms with E-state index in [4.69, 9.17) is 0 Å². The van der Waals surface area contributed by atoms with Crippen LogP contribution in [0.3, 0.4) is 0 Å². The Morgan fingerprint density at radius 3 is 2.10 bits per heavy atom. The Bertz CT molecular complexity index is 777. The highest BCUT2D eigenvalue weighted by molar-refractivity contribution is 7.91. The van der Waals surface area contributed by atoms with E-state index in [2.05, 4.69) is 0 Å². The molecule has 2 aromatic carbocycles. The van der Waals surface area contributed by atoms with Gasteiger partial charge in [0.1, 0.15) is 11.5 Å². The first-order valence-electron chi connectivity index (χ1n) is 6.09. The maximum Gasteiger partial charge on any atom is 0.207 e. The van der Waals surface area contributed by atoms with Crippen LogP contribution in [0.15, 0.2) is 40.1 Å². The van der Waals surface area contributed by atoms with Gasteiger partial charge in [0.15, 0.2) is 0 Å². The van der Waals surface area contributed by atoms with E-state index in [1.54, 1.807) is 32.9 Å². The van der Waals surface area contributed by atoms with E-state index in [-0.39, 0.29) is 21.3 Å². The van der Waals surface area contributed by atoms with E-state index in [0.29, 0.717) is 16.7 Å². The molecule has 0 unspecified atom stereocenters. The van der Waals surface area contributed by atoms with Crippen molar-refractivity contribution in [2.75, 3.05) is 0 Å². The van der Waals surface area contributed by atoms with Gasteiger partial charge in [-0.3, -0.25) is 0 Å². The summed E-state index contributed by atoms with van der Waals surface area (Å²) in [6.07, 6.45) is 0. The zero-order valence-corrected chi connectivity index (χ0v) is 12.3. The van der Waals surface area contributed by atoms with Gasteiger partial charge in [-0.1, -0.05) is 12.1 Å². The zero-order valence-electron chi connectivity index (χ0n) is 11.5. The summed E-state index contributed by atoms with van der Waals surface area (Å²) >= 11 is 0. The van der Waals surface area contributed by atoms with Gasteiger partial charge in [0.05, 0.1) is 9.79 Å². The van der Waals surface area contributed by atoms with Gasteiger partial charge >= 0.3 is 0 Å². The molecule has 20 heavy (non-hydrogen) atoms. The van der Waals surface area contributed by atoms with E-state index >= 15 is 0 Å². The molecule has 0 saturated heterocycles. The molecule has 0 fully saturated rings. The average molecular weight is 292 g/mol. The van der Waals surface area contributed by atoms with Crippen LogP contribution in [-0.4, -0.2) is 18.6 Å². The normalized spacial score (nSPS) is 11.6. The molecular weight excluding hydrogens is 276 g/mol. The van der Waals surface area contributed by atoms with Crippen molar-refractivity contribution in [1.29, 1.82) is 0 Å². The quantitative estimate of drug-likeness (QED) is 0.892. The zero-order chi connectivity index (χ0) is 15.1. The molecule has 2 N–H and O–H groups in total. The summed E-state index contributed by atoms with van der Waals surface area (Å²) in [5, 5.41) is 19.5. The highest BCUT2D eigenvalue weighted by atomic mass is 32.2. The van der Waals surface area contributed by atoms with E-state index in [9.17, 15) is 18.6 Å². The molecule has 0 spiro atoms. The van der Waals surface area contributed by atoms with Crippen LogP contribution in [0.2, 0.25) is 0 Å². The Kier molecular flexibility index (Phi) is 3.48. The second-order valence-corrected chi connectivity index (χ2v) is 6.72. The molecule has 2 aromatic rings. The van der Waals surface area contributed by atoms with Gasteiger partial charge in [-0.05, 0) is 50.1 Å². The van der Waals surface area contributed by atoms with E-state index < -0.39 is 9.84 Å². The highest BCUT2D eigenvalue weighted by Gasteiger charge is 2.22. The molecular formula is C15H16O4S. The highest BCUT2D eigenvalue weighted by Crippen LogP contribution is 2.32. The van der Waals surface area contributed by atoms with Crippen molar-refractivity contribution >= 4 is 9.84 Å². The summed E-state index contributed by atoms with van der Waals surface area (Å²) in [6, 6.07) is 7.24. The first-order valence-corrected chi connectivity index (χ1v) is 7.57. The second kappa shape index (κ2) is 4.83. The molecule has 106 valence electrons. The van der Waals surface area contributed by atoms with E-state index in [1.807, 2.05) is 0 Å². The fourth-order valence-corrected chi connectivity index (χ4v) is 3.51. The Morgan fingerprint density at radius 2 is 1.50 bits per heavy atom. The average Bonchev–Trinajstić information content (AvgIpc) is 2.38. The number of phenolic OH excluding ortho intramolecular Hbond substituents is 2. The summed E-state index contributed by atoms with van der Waals surface area (Å²) in [6.45, 7) is 4.95. The predicted molar refractivity (Wildman–Crippen MR) is 75.9 cm³/mol. The predicted octanol–water partition coefficient (Wildman–Crippen LogP) is 2.86. The lowest BCUT2D eigenvalue weighted by molar-refractivity contribution is 0.464. The minimum Gasteiger partial charge on any atom is -0.508 e. The maximum atomic E-state index is 12.6. The van der Waals surface area contributed by atoms with Crippen LogP contribution in [0.4, 0.5) is 0 Å². The topological polar surface area (TPSA) is 74.6 Å². The van der Waals surface area contributed by atoms with Gasteiger partial charge in [0, 0.05) is 5.56 Å². The first-order chi connectivity index (χ1) is 9.25. The Labute approximate surface area is 118 Å². The Morgan fingerprint density at radius 1 is 0.900 bits per heavy atom. The van der Waals surface area contributed by atoms with Crippen LogP contribution in [0.1, 0.15) is 16.7 Å². The smallest absolute Gasteiger partial charge is 0.207 e. The third kappa shape index (κ3) is 2.25. The lowest BCUT2D eigenvalue weighted by atomic mass is 10.1. The van der Waals surface area contributed by atoms with Crippen LogP contribution in [0, 0.1) is 20.8 Å². The van der Waals surface area contributed by atoms with Crippen molar-refractivity contribution in [2.45, 2.75) is 30.6 Å². The molecule has 4 nitrogen and oxygen atoms in total. The molecule has 0 aliphatic rings. The van der Waals surface area contributed by atoms with Crippen LogP contribution in [0.5, 0.6) is 11.5 Å². The monoisotopic (exact) mass is 292 g/mol. The maximum absolute atomic E-state index is 12.6. The van der Waals surface area contributed by atoms with Crippen LogP contribution in [0.25, 0.3) is 0 Å². The van der Waals surface area contributed by atoms with Gasteiger partial charge in [0.25, 0.3) is 0 Å². The van der Waals surface area contributed by atoms with Crippen molar-refractivity contribution in [3.05, 3.63) is 47.0 Å². The number of hydrogen-bond donors (Lipinski definition) is 2. The van der Waals surface area contributed by atoms with E-state index in [0.717, 1.165) is 0 Å². The summed E-state index contributed by atoms with van der Waals surface area (Å²) in [4.78, 5) is 0.0517. The Hall–Kier alpha value is -2.01. The van der Waals surface area contributed by atoms with Gasteiger partial charge in [-0.15, -0.1) is 0 Å².